The molecule has 0 atom stereocenters. The van der Waals surface area contributed by atoms with Gasteiger partial charge >= 0.3 is 0 Å². The first-order valence-corrected chi connectivity index (χ1v) is 7.50. The van der Waals surface area contributed by atoms with Crippen molar-refractivity contribution in [2.24, 2.45) is 0 Å². The van der Waals surface area contributed by atoms with Gasteiger partial charge in [-0.25, -0.2) is 0 Å². The average Bonchev–Trinajstić information content (AvgIpc) is 2.52. The van der Waals surface area contributed by atoms with Crippen molar-refractivity contribution >= 4 is 5.91 Å². The number of carbonyl (C=O) groups excluding carboxylic acids is 1. The number of rotatable bonds is 6. The Labute approximate surface area is 121 Å². The maximum Gasteiger partial charge on any atom is 0.260 e. The van der Waals surface area contributed by atoms with E-state index in [-0.39, 0.29) is 12.5 Å². The summed E-state index contributed by atoms with van der Waals surface area (Å²) in [6, 6.07) is 7.92. The minimum absolute atomic E-state index is 0.0985. The average molecular weight is 276 g/mol. The molecule has 1 amide bonds. The molecule has 1 N–H and O–H groups in total. The van der Waals surface area contributed by atoms with Gasteiger partial charge in [-0.1, -0.05) is 19.1 Å². The van der Waals surface area contributed by atoms with Gasteiger partial charge in [-0.15, -0.1) is 0 Å². The lowest BCUT2D eigenvalue weighted by Crippen LogP contribution is -2.38. The Morgan fingerprint density at radius 3 is 2.55 bits per heavy atom. The smallest absolute Gasteiger partial charge is 0.260 e. The largest absolute Gasteiger partial charge is 0.484 e. The summed E-state index contributed by atoms with van der Waals surface area (Å²) in [5.41, 5.74) is 1.22. The number of likely N-dealkylation sites (tertiary alicyclic amines) is 1. The minimum Gasteiger partial charge on any atom is -0.484 e. The molecule has 20 heavy (non-hydrogen) atoms. The van der Waals surface area contributed by atoms with E-state index in [1.165, 1.54) is 12.0 Å². The standard InChI is InChI=1S/C16H24N2O2/c1-2-17-12-14-6-8-15(9-7-14)20-13-16(19)18-10-4-3-5-11-18/h6-9,17H,2-5,10-13H2,1H3. The van der Waals surface area contributed by atoms with Gasteiger partial charge in [0.2, 0.25) is 0 Å². The number of amides is 1. The van der Waals surface area contributed by atoms with Crippen LogP contribution in [0, 0.1) is 0 Å². The Balaban J connectivity index is 1.76. The Bertz CT molecular complexity index is 411. The van der Waals surface area contributed by atoms with Crippen molar-refractivity contribution in [2.45, 2.75) is 32.7 Å². The highest BCUT2D eigenvalue weighted by atomic mass is 16.5. The molecule has 4 heteroatoms. The highest BCUT2D eigenvalue weighted by Gasteiger charge is 2.16. The van der Waals surface area contributed by atoms with Crippen LogP contribution in [0.15, 0.2) is 24.3 Å². The third kappa shape index (κ3) is 4.53. The van der Waals surface area contributed by atoms with Crippen molar-refractivity contribution in [3.8, 4) is 5.75 Å². The van der Waals surface area contributed by atoms with Crippen LogP contribution in [0.2, 0.25) is 0 Å². The molecule has 0 radical (unpaired) electrons. The summed E-state index contributed by atoms with van der Waals surface area (Å²) in [6.07, 6.45) is 3.47. The second kappa shape index (κ2) is 7.90. The first kappa shape index (κ1) is 14.9. The fraction of sp³-hybridized carbons (Fsp3) is 0.562. The van der Waals surface area contributed by atoms with Crippen molar-refractivity contribution in [1.29, 1.82) is 0 Å². The van der Waals surface area contributed by atoms with Crippen molar-refractivity contribution in [3.05, 3.63) is 29.8 Å². The molecule has 110 valence electrons. The van der Waals surface area contributed by atoms with Crippen LogP contribution in [-0.4, -0.2) is 37.0 Å². The molecule has 0 aliphatic carbocycles. The van der Waals surface area contributed by atoms with Gasteiger partial charge in [-0.05, 0) is 43.5 Å². The second-order valence-electron chi connectivity index (χ2n) is 5.15. The van der Waals surface area contributed by atoms with E-state index in [1.807, 2.05) is 29.2 Å². The number of ether oxygens (including phenoxy) is 1. The Kier molecular flexibility index (Phi) is 5.87. The number of nitrogens with one attached hydrogen (secondary N) is 1. The summed E-state index contributed by atoms with van der Waals surface area (Å²) in [7, 11) is 0. The van der Waals surface area contributed by atoms with E-state index in [0.717, 1.165) is 44.8 Å². The fourth-order valence-electron chi connectivity index (χ4n) is 2.35. The molecule has 1 aliphatic rings. The SMILES string of the molecule is CCNCc1ccc(OCC(=O)N2CCCCC2)cc1. The Morgan fingerprint density at radius 2 is 1.90 bits per heavy atom. The third-order valence-electron chi connectivity index (χ3n) is 3.57. The number of piperidine rings is 1. The fourth-order valence-corrected chi connectivity index (χ4v) is 2.35. The van der Waals surface area contributed by atoms with E-state index in [2.05, 4.69) is 12.2 Å². The Morgan fingerprint density at radius 1 is 1.20 bits per heavy atom. The summed E-state index contributed by atoms with van der Waals surface area (Å²) in [4.78, 5) is 13.9. The number of nitrogens with zero attached hydrogens (tertiary/aromatic N) is 1. The van der Waals surface area contributed by atoms with E-state index in [1.54, 1.807) is 0 Å². The lowest BCUT2D eigenvalue weighted by atomic mass is 10.1. The van der Waals surface area contributed by atoms with Gasteiger partial charge in [-0.3, -0.25) is 4.79 Å². The van der Waals surface area contributed by atoms with E-state index >= 15 is 0 Å². The van der Waals surface area contributed by atoms with E-state index in [0.29, 0.717) is 0 Å². The van der Waals surface area contributed by atoms with Crippen molar-refractivity contribution < 1.29 is 9.53 Å². The molecule has 0 bridgehead atoms. The van der Waals surface area contributed by atoms with Crippen molar-refractivity contribution in [1.82, 2.24) is 10.2 Å². The summed E-state index contributed by atoms with van der Waals surface area (Å²) in [5.74, 6) is 0.858. The maximum absolute atomic E-state index is 12.0. The van der Waals surface area contributed by atoms with Gasteiger partial charge in [0.15, 0.2) is 6.61 Å². The molecule has 0 spiro atoms. The van der Waals surface area contributed by atoms with Crippen LogP contribution < -0.4 is 10.1 Å². The van der Waals surface area contributed by atoms with Crippen LogP contribution in [-0.2, 0) is 11.3 Å². The monoisotopic (exact) mass is 276 g/mol. The molecule has 2 rings (SSSR count). The molecule has 0 unspecified atom stereocenters. The zero-order chi connectivity index (χ0) is 14.2. The van der Waals surface area contributed by atoms with Crippen LogP contribution in [0.5, 0.6) is 5.75 Å². The molecular weight excluding hydrogens is 252 g/mol. The molecule has 1 aromatic rings. The molecule has 0 saturated carbocycles. The molecule has 4 nitrogen and oxygen atoms in total. The van der Waals surface area contributed by atoms with E-state index in [4.69, 9.17) is 4.74 Å². The highest BCUT2D eigenvalue weighted by molar-refractivity contribution is 5.77. The predicted octanol–water partition coefficient (Wildman–Crippen LogP) is 2.19. The second-order valence-corrected chi connectivity index (χ2v) is 5.15. The van der Waals surface area contributed by atoms with Crippen LogP contribution in [0.25, 0.3) is 0 Å². The molecule has 1 aliphatic heterocycles. The third-order valence-corrected chi connectivity index (χ3v) is 3.57. The predicted molar refractivity (Wildman–Crippen MR) is 79.7 cm³/mol. The van der Waals surface area contributed by atoms with Crippen LogP contribution >= 0.6 is 0 Å². The summed E-state index contributed by atoms with van der Waals surface area (Å²) in [6.45, 7) is 5.82. The number of hydrogen-bond acceptors (Lipinski definition) is 3. The van der Waals surface area contributed by atoms with Gasteiger partial charge < -0.3 is 15.0 Å². The summed E-state index contributed by atoms with van der Waals surface area (Å²) < 4.78 is 5.57. The zero-order valence-electron chi connectivity index (χ0n) is 12.2. The number of hydrogen-bond donors (Lipinski definition) is 1. The Hall–Kier alpha value is -1.55. The van der Waals surface area contributed by atoms with Crippen molar-refractivity contribution in [3.63, 3.8) is 0 Å². The number of carbonyl (C=O) groups is 1. The van der Waals surface area contributed by atoms with Crippen LogP contribution in [0.3, 0.4) is 0 Å². The zero-order valence-corrected chi connectivity index (χ0v) is 12.2. The summed E-state index contributed by atoms with van der Waals surface area (Å²) >= 11 is 0. The van der Waals surface area contributed by atoms with E-state index < -0.39 is 0 Å². The van der Waals surface area contributed by atoms with Gasteiger partial charge in [0.05, 0.1) is 0 Å². The molecule has 1 fully saturated rings. The molecule has 1 aromatic carbocycles. The minimum atomic E-state index is 0.0985. The number of benzene rings is 1. The molecular formula is C16H24N2O2. The molecule has 1 saturated heterocycles. The first-order valence-electron chi connectivity index (χ1n) is 7.50. The lowest BCUT2D eigenvalue weighted by Gasteiger charge is -2.26. The highest BCUT2D eigenvalue weighted by Crippen LogP contribution is 2.13. The van der Waals surface area contributed by atoms with Gasteiger partial charge in [0.25, 0.3) is 5.91 Å². The summed E-state index contributed by atoms with van der Waals surface area (Å²) in [5, 5.41) is 3.28. The van der Waals surface area contributed by atoms with E-state index in [9.17, 15) is 4.79 Å². The topological polar surface area (TPSA) is 41.6 Å². The van der Waals surface area contributed by atoms with Crippen molar-refractivity contribution in [2.75, 3.05) is 26.2 Å². The van der Waals surface area contributed by atoms with Crippen LogP contribution in [0.1, 0.15) is 31.7 Å². The first-order chi connectivity index (χ1) is 9.79. The lowest BCUT2D eigenvalue weighted by molar-refractivity contribution is -0.134. The van der Waals surface area contributed by atoms with Gasteiger partial charge in [0, 0.05) is 19.6 Å². The normalized spacial score (nSPS) is 15.2. The van der Waals surface area contributed by atoms with Gasteiger partial charge in [-0.2, -0.15) is 0 Å². The molecule has 0 aromatic heterocycles. The molecule has 1 heterocycles. The van der Waals surface area contributed by atoms with Gasteiger partial charge in [0.1, 0.15) is 5.75 Å². The maximum atomic E-state index is 12.0. The quantitative estimate of drug-likeness (QED) is 0.866. The van der Waals surface area contributed by atoms with Crippen LogP contribution in [0.4, 0.5) is 0 Å².